The number of hydrogen-bond acceptors (Lipinski definition) is 10. The van der Waals surface area contributed by atoms with Crippen LogP contribution in [-0.4, -0.2) is 54.8 Å². The molecule has 1 aliphatic rings. The van der Waals surface area contributed by atoms with Crippen molar-refractivity contribution in [2.24, 2.45) is 0 Å². The average Bonchev–Trinajstić information content (AvgIpc) is 2.92. The Kier molecular flexibility index (Phi) is 7.45. The Balaban J connectivity index is 1.44. The third-order valence-electron chi connectivity index (χ3n) is 6.21. The number of nitrogens with one attached hydrogen (secondary N) is 4. The fourth-order valence-corrected chi connectivity index (χ4v) is 5.13. The predicted molar refractivity (Wildman–Crippen MR) is 149 cm³/mol. The summed E-state index contributed by atoms with van der Waals surface area (Å²) in [7, 11) is -1.99. The molecule has 0 atom stereocenters. The number of piperidine rings is 1. The third kappa shape index (κ3) is 5.87. The molecule has 2 aromatic heterocycles. The van der Waals surface area contributed by atoms with Gasteiger partial charge in [0, 0.05) is 12.4 Å². The van der Waals surface area contributed by atoms with Gasteiger partial charge in [0.05, 0.1) is 42.1 Å². The van der Waals surface area contributed by atoms with Gasteiger partial charge in [-0.05, 0) is 61.7 Å². The number of methoxy groups -OCH3 is 1. The highest BCUT2D eigenvalue weighted by molar-refractivity contribution is 7.92. The van der Waals surface area contributed by atoms with Crippen LogP contribution in [0.5, 0.6) is 5.75 Å². The third-order valence-corrected chi connectivity index (χ3v) is 7.06. The summed E-state index contributed by atoms with van der Waals surface area (Å²) >= 11 is 6.41. The quantitative estimate of drug-likeness (QED) is 0.247. The number of aromatic nitrogens is 4. The van der Waals surface area contributed by atoms with Crippen molar-refractivity contribution in [3.63, 3.8) is 0 Å². The molecule has 2 aromatic carbocycles. The van der Waals surface area contributed by atoms with Crippen LogP contribution in [0.1, 0.15) is 24.3 Å². The zero-order valence-electron chi connectivity index (χ0n) is 20.8. The second kappa shape index (κ2) is 10.9. The van der Waals surface area contributed by atoms with E-state index in [1.807, 2.05) is 12.1 Å². The van der Waals surface area contributed by atoms with Crippen molar-refractivity contribution in [2.75, 3.05) is 41.8 Å². The number of fused-ring (bicyclic) bond motifs is 1. The van der Waals surface area contributed by atoms with Gasteiger partial charge in [-0.2, -0.15) is 4.98 Å². The standard InChI is InChI=1S/C25H27ClN8O3S/c1-37-21-13-16(15-7-9-27-10-8-15)3-4-18(21)32-25-30-14-17(26)24(33-25)31-20-6-5-19-22(29-12-11-28-19)23(20)34-38(2,35)36/h3-6,11-15,27,34H,7-10H2,1-2H3,(H2,30,31,32,33). The van der Waals surface area contributed by atoms with E-state index < -0.39 is 10.0 Å². The molecule has 38 heavy (non-hydrogen) atoms. The summed E-state index contributed by atoms with van der Waals surface area (Å²) in [6.07, 6.45) is 7.72. The van der Waals surface area contributed by atoms with Crippen LogP contribution in [0.2, 0.25) is 5.02 Å². The van der Waals surface area contributed by atoms with E-state index in [1.54, 1.807) is 19.2 Å². The molecule has 1 saturated heterocycles. The maximum absolute atomic E-state index is 12.1. The van der Waals surface area contributed by atoms with Gasteiger partial charge in [0.25, 0.3) is 0 Å². The predicted octanol–water partition coefficient (Wildman–Crippen LogP) is 4.41. The average molecular weight is 555 g/mol. The molecule has 11 nitrogen and oxygen atoms in total. The Morgan fingerprint density at radius 1 is 1.03 bits per heavy atom. The maximum atomic E-state index is 12.1. The number of halogens is 1. The van der Waals surface area contributed by atoms with Crippen LogP contribution in [0.15, 0.2) is 48.9 Å². The van der Waals surface area contributed by atoms with E-state index >= 15 is 0 Å². The van der Waals surface area contributed by atoms with Gasteiger partial charge in [-0.25, -0.2) is 13.4 Å². The van der Waals surface area contributed by atoms with Crippen molar-refractivity contribution >= 4 is 61.5 Å². The van der Waals surface area contributed by atoms with Gasteiger partial charge in [0.2, 0.25) is 16.0 Å². The minimum Gasteiger partial charge on any atom is -0.495 e. The largest absolute Gasteiger partial charge is 0.495 e. The first-order valence-electron chi connectivity index (χ1n) is 12.0. The molecular weight excluding hydrogens is 528 g/mol. The summed E-state index contributed by atoms with van der Waals surface area (Å²) in [5, 5.41) is 9.94. The molecule has 1 fully saturated rings. The van der Waals surface area contributed by atoms with Crippen LogP contribution >= 0.6 is 11.6 Å². The lowest BCUT2D eigenvalue weighted by Crippen LogP contribution is -2.26. The van der Waals surface area contributed by atoms with Gasteiger partial charge in [0.15, 0.2) is 5.82 Å². The van der Waals surface area contributed by atoms with E-state index in [1.165, 1.54) is 24.2 Å². The van der Waals surface area contributed by atoms with Crippen LogP contribution in [-0.2, 0) is 10.0 Å². The summed E-state index contributed by atoms with van der Waals surface area (Å²) in [6.45, 7) is 2.01. The fraction of sp³-hybridized carbons (Fsp3) is 0.280. The van der Waals surface area contributed by atoms with Crippen molar-refractivity contribution in [3.05, 3.63) is 59.5 Å². The second-order valence-electron chi connectivity index (χ2n) is 8.91. The Morgan fingerprint density at radius 3 is 2.55 bits per heavy atom. The molecule has 0 bridgehead atoms. The molecule has 198 valence electrons. The number of benzene rings is 2. The molecule has 1 aliphatic heterocycles. The summed E-state index contributed by atoms with van der Waals surface area (Å²) in [4.78, 5) is 17.4. The number of anilines is 5. The smallest absolute Gasteiger partial charge is 0.229 e. The molecule has 13 heteroatoms. The fourth-order valence-electron chi connectivity index (χ4n) is 4.41. The van der Waals surface area contributed by atoms with Crippen LogP contribution in [0, 0.1) is 0 Å². The monoisotopic (exact) mass is 554 g/mol. The summed E-state index contributed by atoms with van der Waals surface area (Å²) in [5.74, 6) is 1.72. The van der Waals surface area contributed by atoms with E-state index in [-0.39, 0.29) is 22.5 Å². The summed E-state index contributed by atoms with van der Waals surface area (Å²) in [6, 6.07) is 9.50. The molecule has 5 rings (SSSR count). The van der Waals surface area contributed by atoms with Gasteiger partial charge < -0.3 is 20.7 Å². The first kappa shape index (κ1) is 25.9. The van der Waals surface area contributed by atoms with E-state index in [4.69, 9.17) is 16.3 Å². The summed E-state index contributed by atoms with van der Waals surface area (Å²) in [5.41, 5.74) is 3.49. The van der Waals surface area contributed by atoms with Crippen molar-refractivity contribution in [2.45, 2.75) is 18.8 Å². The number of rotatable bonds is 8. The number of sulfonamides is 1. The molecule has 0 spiro atoms. The van der Waals surface area contributed by atoms with Crippen LogP contribution in [0.3, 0.4) is 0 Å². The Morgan fingerprint density at radius 2 is 1.79 bits per heavy atom. The van der Waals surface area contributed by atoms with Crippen molar-refractivity contribution in [1.82, 2.24) is 25.3 Å². The minimum atomic E-state index is -3.62. The van der Waals surface area contributed by atoms with E-state index in [0.29, 0.717) is 34.1 Å². The first-order valence-corrected chi connectivity index (χ1v) is 14.2. The van der Waals surface area contributed by atoms with E-state index in [2.05, 4.69) is 46.7 Å². The van der Waals surface area contributed by atoms with Gasteiger partial charge in [-0.15, -0.1) is 0 Å². The van der Waals surface area contributed by atoms with Crippen LogP contribution in [0.4, 0.5) is 28.8 Å². The maximum Gasteiger partial charge on any atom is 0.229 e. The van der Waals surface area contributed by atoms with Crippen molar-refractivity contribution in [1.29, 1.82) is 0 Å². The molecule has 4 N–H and O–H groups in total. The SMILES string of the molecule is COc1cc(C2CCNCC2)ccc1Nc1ncc(Cl)c(Nc2ccc3nccnc3c2NS(C)(=O)=O)n1. The molecule has 0 radical (unpaired) electrons. The lowest BCUT2D eigenvalue weighted by atomic mass is 9.90. The first-order chi connectivity index (χ1) is 18.3. The molecule has 0 amide bonds. The normalized spacial score (nSPS) is 14.3. The Bertz CT molecular complexity index is 1580. The van der Waals surface area contributed by atoms with Crippen LogP contribution < -0.4 is 25.4 Å². The number of ether oxygens (including phenoxy) is 1. The van der Waals surface area contributed by atoms with Gasteiger partial charge in [0.1, 0.15) is 16.3 Å². The lowest BCUT2D eigenvalue weighted by Gasteiger charge is -2.24. The molecule has 0 aliphatic carbocycles. The highest BCUT2D eigenvalue weighted by Crippen LogP contribution is 2.36. The molecule has 3 heterocycles. The second-order valence-corrected chi connectivity index (χ2v) is 11.1. The zero-order valence-corrected chi connectivity index (χ0v) is 22.4. The highest BCUT2D eigenvalue weighted by atomic mass is 35.5. The highest BCUT2D eigenvalue weighted by Gasteiger charge is 2.19. The Hall–Kier alpha value is -3.74. The molecule has 4 aromatic rings. The zero-order chi connectivity index (χ0) is 26.7. The Labute approximate surface area is 225 Å². The van der Waals surface area contributed by atoms with Gasteiger partial charge >= 0.3 is 0 Å². The topological polar surface area (TPSA) is 143 Å². The van der Waals surface area contributed by atoms with Gasteiger partial charge in [-0.3, -0.25) is 14.7 Å². The van der Waals surface area contributed by atoms with Crippen molar-refractivity contribution < 1.29 is 13.2 Å². The van der Waals surface area contributed by atoms with Gasteiger partial charge in [-0.1, -0.05) is 17.7 Å². The number of nitrogens with zero attached hydrogens (tertiary/aromatic N) is 4. The molecule has 0 unspecified atom stereocenters. The number of hydrogen-bond donors (Lipinski definition) is 4. The van der Waals surface area contributed by atoms with E-state index in [9.17, 15) is 8.42 Å². The minimum absolute atomic E-state index is 0.234. The van der Waals surface area contributed by atoms with Crippen molar-refractivity contribution in [3.8, 4) is 5.75 Å². The summed E-state index contributed by atoms with van der Waals surface area (Å²) < 4.78 is 32.4. The van der Waals surface area contributed by atoms with Crippen LogP contribution in [0.25, 0.3) is 11.0 Å². The lowest BCUT2D eigenvalue weighted by molar-refractivity contribution is 0.413. The van der Waals surface area contributed by atoms with E-state index in [0.717, 1.165) is 32.2 Å². The molecule has 0 saturated carbocycles. The molecular formula is C25H27ClN8O3S.